The van der Waals surface area contributed by atoms with Crippen LogP contribution in [0.1, 0.15) is 5.82 Å². The van der Waals surface area contributed by atoms with Gasteiger partial charge in [0, 0.05) is 12.7 Å². The first-order chi connectivity index (χ1) is 8.89. The first kappa shape index (κ1) is 13.4. The lowest BCUT2D eigenvalue weighted by Gasteiger charge is -2.16. The zero-order chi connectivity index (χ0) is 14.0. The molecule has 0 aliphatic carbocycles. The van der Waals surface area contributed by atoms with Crippen molar-refractivity contribution in [3.8, 4) is 0 Å². The molecule has 19 heavy (non-hydrogen) atoms. The number of H-pyrrole nitrogens is 1. The van der Waals surface area contributed by atoms with Crippen molar-refractivity contribution >= 4 is 15.7 Å². The van der Waals surface area contributed by atoms with E-state index in [1.807, 2.05) is 0 Å². The number of aromatic nitrogens is 3. The molecular formula is C10H12FN5O2S. The maximum Gasteiger partial charge on any atom is 0.243 e. The molecule has 2 aromatic rings. The Bertz CT molecular complexity index is 651. The van der Waals surface area contributed by atoms with Crippen molar-refractivity contribution in [3.63, 3.8) is 0 Å². The summed E-state index contributed by atoms with van der Waals surface area (Å²) in [5.41, 5.74) is 5.49. The van der Waals surface area contributed by atoms with Gasteiger partial charge in [-0.3, -0.25) is 5.10 Å². The van der Waals surface area contributed by atoms with Gasteiger partial charge < -0.3 is 5.73 Å². The minimum absolute atomic E-state index is 0.00124. The molecule has 7 nitrogen and oxygen atoms in total. The van der Waals surface area contributed by atoms with Gasteiger partial charge in [0.05, 0.1) is 11.4 Å². The number of aromatic amines is 1. The van der Waals surface area contributed by atoms with Crippen molar-refractivity contribution < 1.29 is 12.8 Å². The molecular weight excluding hydrogens is 273 g/mol. The van der Waals surface area contributed by atoms with E-state index in [0.717, 1.165) is 16.4 Å². The van der Waals surface area contributed by atoms with Gasteiger partial charge in [0.1, 0.15) is 18.0 Å². The van der Waals surface area contributed by atoms with E-state index < -0.39 is 15.8 Å². The molecule has 9 heteroatoms. The first-order valence-electron chi connectivity index (χ1n) is 5.26. The van der Waals surface area contributed by atoms with Gasteiger partial charge in [-0.1, -0.05) is 0 Å². The van der Waals surface area contributed by atoms with Gasteiger partial charge in [-0.15, -0.1) is 0 Å². The topological polar surface area (TPSA) is 105 Å². The van der Waals surface area contributed by atoms with Crippen LogP contribution in [0.5, 0.6) is 0 Å². The Morgan fingerprint density at radius 3 is 2.74 bits per heavy atom. The fourth-order valence-electron chi connectivity index (χ4n) is 1.52. The van der Waals surface area contributed by atoms with Gasteiger partial charge in [-0.25, -0.2) is 17.8 Å². The largest absolute Gasteiger partial charge is 0.399 e. The van der Waals surface area contributed by atoms with Gasteiger partial charge in [-0.05, 0) is 18.2 Å². The number of hydrogen-bond acceptors (Lipinski definition) is 5. The molecule has 0 amide bonds. The third-order valence-corrected chi connectivity index (χ3v) is 4.22. The molecule has 1 aromatic carbocycles. The number of nitrogens with one attached hydrogen (secondary N) is 1. The van der Waals surface area contributed by atoms with E-state index in [9.17, 15) is 12.8 Å². The van der Waals surface area contributed by atoms with Gasteiger partial charge in [-0.2, -0.15) is 9.40 Å². The monoisotopic (exact) mass is 285 g/mol. The highest BCUT2D eigenvalue weighted by Gasteiger charge is 2.22. The molecule has 0 spiro atoms. The lowest BCUT2D eigenvalue weighted by molar-refractivity contribution is 0.456. The number of nitrogen functional groups attached to an aromatic ring is 1. The van der Waals surface area contributed by atoms with E-state index in [1.54, 1.807) is 0 Å². The van der Waals surface area contributed by atoms with Crippen LogP contribution in [-0.4, -0.2) is 35.0 Å². The number of hydrogen-bond donors (Lipinski definition) is 2. The minimum atomic E-state index is -3.83. The van der Waals surface area contributed by atoms with Crippen molar-refractivity contribution in [2.45, 2.75) is 11.4 Å². The average Bonchev–Trinajstić information content (AvgIpc) is 2.80. The van der Waals surface area contributed by atoms with E-state index >= 15 is 0 Å². The molecule has 0 unspecified atom stereocenters. The predicted octanol–water partition coefficient (Wildman–Crippen LogP) is 0.347. The molecule has 0 saturated carbocycles. The molecule has 0 bridgehead atoms. The van der Waals surface area contributed by atoms with Crippen molar-refractivity contribution in [3.05, 3.63) is 36.2 Å². The lowest BCUT2D eigenvalue weighted by Crippen LogP contribution is -2.27. The van der Waals surface area contributed by atoms with Crippen molar-refractivity contribution in [2.24, 2.45) is 0 Å². The Hall–Kier alpha value is -2.00. The number of benzene rings is 1. The summed E-state index contributed by atoms with van der Waals surface area (Å²) < 4.78 is 38.6. The summed E-state index contributed by atoms with van der Waals surface area (Å²) in [6.45, 7) is -0.00124. The van der Waals surface area contributed by atoms with Crippen molar-refractivity contribution in [1.82, 2.24) is 19.5 Å². The van der Waals surface area contributed by atoms with Crippen LogP contribution in [0.25, 0.3) is 0 Å². The van der Waals surface area contributed by atoms with E-state index in [-0.39, 0.29) is 17.1 Å². The summed E-state index contributed by atoms with van der Waals surface area (Å²) in [7, 11) is -2.47. The Morgan fingerprint density at radius 2 is 2.16 bits per heavy atom. The number of sulfonamides is 1. The maximum absolute atomic E-state index is 13.2. The molecule has 0 saturated heterocycles. The summed E-state index contributed by atoms with van der Waals surface area (Å²) in [6.07, 6.45) is 1.27. The summed E-state index contributed by atoms with van der Waals surface area (Å²) >= 11 is 0. The van der Waals surface area contributed by atoms with Crippen LogP contribution in [0.15, 0.2) is 29.4 Å². The Labute approximate surface area is 109 Å². The lowest BCUT2D eigenvalue weighted by atomic mass is 10.3. The standard InChI is InChI=1S/C10H12FN5O2S/c1-16(5-10-13-6-14-15-10)19(17,18)9-3-7(11)2-8(12)4-9/h2-4,6H,5,12H2,1H3,(H,13,14,15). The van der Waals surface area contributed by atoms with Crippen LogP contribution >= 0.6 is 0 Å². The third kappa shape index (κ3) is 2.88. The van der Waals surface area contributed by atoms with Gasteiger partial charge in [0.2, 0.25) is 10.0 Å². The fourth-order valence-corrected chi connectivity index (χ4v) is 2.71. The summed E-state index contributed by atoms with van der Waals surface area (Å²) in [6, 6.07) is 3.17. The third-order valence-electron chi connectivity index (χ3n) is 2.44. The molecule has 0 aliphatic heterocycles. The molecule has 102 valence electrons. The van der Waals surface area contributed by atoms with Gasteiger partial charge in [0.25, 0.3) is 0 Å². The first-order valence-corrected chi connectivity index (χ1v) is 6.70. The normalized spacial score (nSPS) is 11.9. The Balaban J connectivity index is 2.31. The molecule has 0 atom stereocenters. The number of nitrogens with zero attached hydrogens (tertiary/aromatic N) is 3. The predicted molar refractivity (Wildman–Crippen MR) is 65.8 cm³/mol. The van der Waals surface area contributed by atoms with E-state index in [2.05, 4.69) is 15.2 Å². The quantitative estimate of drug-likeness (QED) is 0.788. The zero-order valence-corrected chi connectivity index (χ0v) is 10.9. The van der Waals surface area contributed by atoms with E-state index in [0.29, 0.717) is 5.82 Å². The molecule has 2 rings (SSSR count). The number of halogens is 1. The van der Waals surface area contributed by atoms with Crippen molar-refractivity contribution in [2.75, 3.05) is 12.8 Å². The number of anilines is 1. The highest BCUT2D eigenvalue weighted by molar-refractivity contribution is 7.89. The molecule has 1 heterocycles. The van der Waals surface area contributed by atoms with Crippen LogP contribution in [0.3, 0.4) is 0 Å². The highest BCUT2D eigenvalue weighted by atomic mass is 32.2. The molecule has 3 N–H and O–H groups in total. The maximum atomic E-state index is 13.2. The second-order valence-corrected chi connectivity index (χ2v) is 5.96. The average molecular weight is 285 g/mol. The second-order valence-electron chi connectivity index (χ2n) is 3.91. The zero-order valence-electron chi connectivity index (χ0n) is 10.0. The number of rotatable bonds is 4. The Kier molecular flexibility index (Phi) is 3.49. The summed E-state index contributed by atoms with van der Waals surface area (Å²) in [5, 5.41) is 6.17. The number of nitrogens with two attached hydrogens (primary N) is 1. The SMILES string of the molecule is CN(Cc1ncn[nH]1)S(=O)(=O)c1cc(N)cc(F)c1. The highest BCUT2D eigenvalue weighted by Crippen LogP contribution is 2.19. The molecule has 0 fully saturated rings. The van der Waals surface area contributed by atoms with Crippen LogP contribution in [-0.2, 0) is 16.6 Å². The summed E-state index contributed by atoms with van der Waals surface area (Å²) in [4.78, 5) is 3.63. The van der Waals surface area contributed by atoms with E-state index in [4.69, 9.17) is 5.73 Å². The summed E-state index contributed by atoms with van der Waals surface area (Å²) in [5.74, 6) is -0.318. The van der Waals surface area contributed by atoms with Crippen LogP contribution in [0, 0.1) is 5.82 Å². The molecule has 0 aliphatic rings. The fraction of sp³-hybridized carbons (Fsp3) is 0.200. The van der Waals surface area contributed by atoms with Gasteiger partial charge in [0.15, 0.2) is 0 Å². The smallest absolute Gasteiger partial charge is 0.243 e. The van der Waals surface area contributed by atoms with Crippen molar-refractivity contribution in [1.29, 1.82) is 0 Å². The van der Waals surface area contributed by atoms with E-state index in [1.165, 1.54) is 19.4 Å². The van der Waals surface area contributed by atoms with Crippen LogP contribution < -0.4 is 5.73 Å². The van der Waals surface area contributed by atoms with Crippen LogP contribution in [0.4, 0.5) is 10.1 Å². The Morgan fingerprint density at radius 1 is 1.42 bits per heavy atom. The second kappa shape index (κ2) is 4.94. The molecule has 0 radical (unpaired) electrons. The molecule has 1 aromatic heterocycles. The van der Waals surface area contributed by atoms with Gasteiger partial charge >= 0.3 is 0 Å². The minimum Gasteiger partial charge on any atom is -0.399 e. The van der Waals surface area contributed by atoms with Crippen LogP contribution in [0.2, 0.25) is 0 Å².